The average molecular weight is 427 g/mol. The molecule has 0 saturated carbocycles. The van der Waals surface area contributed by atoms with Crippen LogP contribution in [0.25, 0.3) is 0 Å². The molecule has 0 aliphatic carbocycles. The number of benzene rings is 3. The zero-order valence-electron chi connectivity index (χ0n) is 19.1. The van der Waals surface area contributed by atoms with Crippen molar-refractivity contribution in [2.75, 3.05) is 6.61 Å². The third kappa shape index (κ3) is 10.9. The summed E-state index contributed by atoms with van der Waals surface area (Å²) in [6.07, 6.45) is 5.63. The fourth-order valence-electron chi connectivity index (χ4n) is 3.27. The van der Waals surface area contributed by atoms with Gasteiger partial charge >= 0.3 is 21.3 Å². The van der Waals surface area contributed by atoms with Gasteiger partial charge in [0, 0.05) is 6.61 Å². The van der Waals surface area contributed by atoms with Crippen LogP contribution >= 0.6 is 0 Å². The number of unbranched alkanes of at least 4 members (excludes halogenated alkanes) is 2. The first kappa shape index (κ1) is 26.0. The zero-order chi connectivity index (χ0) is 22.9. The van der Waals surface area contributed by atoms with E-state index in [2.05, 4.69) is 6.92 Å². The minimum absolute atomic E-state index is 0.398. The molecule has 2 N–H and O–H groups in total. The van der Waals surface area contributed by atoms with Gasteiger partial charge < -0.3 is 14.7 Å². The summed E-state index contributed by atoms with van der Waals surface area (Å²) in [5.74, 6) is 0. The van der Waals surface area contributed by atoms with Gasteiger partial charge in [0.15, 0.2) is 0 Å². The molecule has 3 nitrogen and oxygen atoms in total. The van der Waals surface area contributed by atoms with Crippen LogP contribution in [0.4, 0.5) is 0 Å². The Bertz CT molecular complexity index is 772. The molecule has 0 amide bonds. The smallest absolute Gasteiger partial charge is 0.329 e. The lowest BCUT2D eigenvalue weighted by Crippen LogP contribution is -2.30. The molecule has 0 saturated heterocycles. The van der Waals surface area contributed by atoms with Crippen LogP contribution in [0.15, 0.2) is 91.0 Å². The van der Waals surface area contributed by atoms with E-state index in [1.54, 1.807) is 0 Å². The zero-order valence-corrected chi connectivity index (χ0v) is 19.1. The molecular formula is C26H34B3O3. The predicted octanol–water partition coefficient (Wildman–Crippen LogP) is 3.30. The molecule has 165 valence electrons. The molecule has 3 aromatic carbocycles. The fourth-order valence-corrected chi connectivity index (χ4v) is 3.27. The van der Waals surface area contributed by atoms with Crippen LogP contribution in [-0.4, -0.2) is 38.0 Å². The first-order chi connectivity index (χ1) is 15.7. The van der Waals surface area contributed by atoms with E-state index >= 15 is 0 Å². The SMILES string of the molecule is CCCCO[B]c1ccccc1.OB(CCCCB(O)c1ccccc1)c1ccccc1. The largest absolute Gasteiger partial charge is 0.446 e. The van der Waals surface area contributed by atoms with Gasteiger partial charge in [0.1, 0.15) is 0 Å². The van der Waals surface area contributed by atoms with Gasteiger partial charge in [0.25, 0.3) is 0 Å². The van der Waals surface area contributed by atoms with Gasteiger partial charge in [0.2, 0.25) is 0 Å². The molecule has 1 radical (unpaired) electrons. The maximum absolute atomic E-state index is 10.0. The van der Waals surface area contributed by atoms with Gasteiger partial charge in [-0.2, -0.15) is 0 Å². The molecule has 0 atom stereocenters. The number of hydrogen-bond acceptors (Lipinski definition) is 3. The van der Waals surface area contributed by atoms with E-state index in [-0.39, 0.29) is 0 Å². The molecule has 0 bridgehead atoms. The number of hydrogen-bond donors (Lipinski definition) is 2. The monoisotopic (exact) mass is 427 g/mol. The Kier molecular flexibility index (Phi) is 13.3. The predicted molar refractivity (Wildman–Crippen MR) is 140 cm³/mol. The molecule has 0 aliphatic heterocycles. The van der Waals surface area contributed by atoms with Crippen molar-refractivity contribution in [3.63, 3.8) is 0 Å². The molecule has 32 heavy (non-hydrogen) atoms. The molecule has 0 aromatic heterocycles. The van der Waals surface area contributed by atoms with Gasteiger partial charge in [-0.25, -0.2) is 0 Å². The Hall–Kier alpha value is -2.27. The van der Waals surface area contributed by atoms with E-state index in [4.69, 9.17) is 4.65 Å². The Balaban J connectivity index is 0.000000258. The molecule has 0 aliphatic rings. The van der Waals surface area contributed by atoms with Gasteiger partial charge in [-0.1, -0.05) is 123 Å². The van der Waals surface area contributed by atoms with Crippen molar-refractivity contribution in [3.05, 3.63) is 91.0 Å². The minimum Gasteiger partial charge on any atom is -0.446 e. The lowest BCUT2D eigenvalue weighted by atomic mass is 9.55. The first-order valence-electron chi connectivity index (χ1n) is 11.7. The maximum atomic E-state index is 10.0. The average Bonchev–Trinajstić information content (AvgIpc) is 2.86. The molecule has 0 spiro atoms. The summed E-state index contributed by atoms with van der Waals surface area (Å²) in [5.41, 5.74) is 3.07. The van der Waals surface area contributed by atoms with Crippen molar-refractivity contribution in [2.45, 2.75) is 45.2 Å². The highest BCUT2D eigenvalue weighted by atomic mass is 16.4. The minimum atomic E-state index is -0.398. The molecule has 0 fully saturated rings. The molecular weight excluding hydrogens is 393 g/mol. The summed E-state index contributed by atoms with van der Waals surface area (Å²) in [6.45, 7) is 2.19. The van der Waals surface area contributed by atoms with Crippen molar-refractivity contribution in [3.8, 4) is 0 Å². The summed E-state index contributed by atoms with van der Waals surface area (Å²) in [4.78, 5) is 0. The second-order valence-electron chi connectivity index (χ2n) is 7.89. The third-order valence-electron chi connectivity index (χ3n) is 5.21. The summed E-state index contributed by atoms with van der Waals surface area (Å²) < 4.78 is 5.34. The Morgan fingerprint density at radius 1 is 0.656 bits per heavy atom. The van der Waals surface area contributed by atoms with Crippen LogP contribution in [0.1, 0.15) is 32.6 Å². The van der Waals surface area contributed by atoms with Crippen molar-refractivity contribution in [1.82, 2.24) is 0 Å². The van der Waals surface area contributed by atoms with Crippen molar-refractivity contribution in [1.29, 1.82) is 0 Å². The Labute approximate surface area is 195 Å². The van der Waals surface area contributed by atoms with Gasteiger partial charge in [-0.05, 0) is 30.0 Å². The van der Waals surface area contributed by atoms with Crippen LogP contribution < -0.4 is 16.4 Å². The van der Waals surface area contributed by atoms with Crippen LogP contribution in [0, 0.1) is 0 Å². The van der Waals surface area contributed by atoms with E-state index < -0.39 is 13.8 Å². The van der Waals surface area contributed by atoms with Crippen molar-refractivity contribution < 1.29 is 14.7 Å². The Morgan fingerprint density at radius 2 is 1.09 bits per heavy atom. The van der Waals surface area contributed by atoms with Gasteiger partial charge in [-0.15, -0.1) is 0 Å². The van der Waals surface area contributed by atoms with E-state index in [1.807, 2.05) is 98.5 Å². The van der Waals surface area contributed by atoms with Gasteiger partial charge in [-0.3, -0.25) is 0 Å². The van der Waals surface area contributed by atoms with E-state index in [0.717, 1.165) is 54.9 Å². The summed E-state index contributed by atoms with van der Waals surface area (Å²) in [7, 11) is 1.82. The van der Waals surface area contributed by atoms with E-state index in [1.165, 1.54) is 6.42 Å². The van der Waals surface area contributed by atoms with Crippen LogP contribution in [0.2, 0.25) is 12.6 Å². The summed E-state index contributed by atoms with van der Waals surface area (Å²) >= 11 is 0. The lowest BCUT2D eigenvalue weighted by Gasteiger charge is -2.08. The van der Waals surface area contributed by atoms with Crippen LogP contribution in [0.3, 0.4) is 0 Å². The summed E-state index contributed by atoms with van der Waals surface area (Å²) in [5, 5.41) is 20.1. The van der Waals surface area contributed by atoms with Crippen LogP contribution in [0.5, 0.6) is 0 Å². The molecule has 0 heterocycles. The normalized spacial score (nSPS) is 10.1. The number of rotatable bonds is 12. The highest BCUT2D eigenvalue weighted by Gasteiger charge is 2.15. The molecule has 3 aromatic rings. The lowest BCUT2D eigenvalue weighted by molar-refractivity contribution is 0.332. The van der Waals surface area contributed by atoms with Crippen LogP contribution in [-0.2, 0) is 4.65 Å². The van der Waals surface area contributed by atoms with Gasteiger partial charge in [0.05, 0.1) is 0 Å². The second-order valence-corrected chi connectivity index (χ2v) is 7.89. The highest BCUT2D eigenvalue weighted by Crippen LogP contribution is 2.06. The second kappa shape index (κ2) is 16.4. The van der Waals surface area contributed by atoms with Crippen molar-refractivity contribution in [2.24, 2.45) is 0 Å². The topological polar surface area (TPSA) is 49.7 Å². The maximum Gasteiger partial charge on any atom is 0.329 e. The van der Waals surface area contributed by atoms with E-state index in [0.29, 0.717) is 0 Å². The Morgan fingerprint density at radius 3 is 1.53 bits per heavy atom. The fraction of sp³-hybridized carbons (Fsp3) is 0.308. The molecule has 0 unspecified atom stereocenters. The quantitative estimate of drug-likeness (QED) is 0.345. The van der Waals surface area contributed by atoms with E-state index in [9.17, 15) is 10.0 Å². The highest BCUT2D eigenvalue weighted by molar-refractivity contribution is 6.66. The molecule has 3 rings (SSSR count). The summed E-state index contributed by atoms with van der Waals surface area (Å²) in [6, 6.07) is 29.6. The van der Waals surface area contributed by atoms with Crippen molar-refractivity contribution >= 4 is 37.7 Å². The standard InChI is InChI=1S/C16H20B2O2.C10H14BO/c19-17(15-9-3-1-4-10-15)13-7-8-14-18(20)16-11-5-2-6-12-16;1-2-3-9-12-11-10-7-5-4-6-8-10/h1-6,9-12,19-20H,7-8,13-14H2;4-8H,2-3,9H2,1H3. The third-order valence-corrected chi connectivity index (χ3v) is 5.21. The molecule has 6 heteroatoms. The first-order valence-corrected chi connectivity index (χ1v) is 11.7.